The molecule has 116 valence electrons. The fourth-order valence-electron chi connectivity index (χ4n) is 2.24. The first-order valence-corrected chi connectivity index (χ1v) is 8.80. The second-order valence-electron chi connectivity index (χ2n) is 5.00. The molecule has 0 heterocycles. The molecular weight excluding hydrogens is 362 g/mol. The van der Waals surface area contributed by atoms with E-state index in [2.05, 4.69) is 20.8 Å². The first kappa shape index (κ1) is 16.4. The van der Waals surface area contributed by atoms with Crippen molar-refractivity contribution in [2.75, 3.05) is 0 Å². The molecule has 0 aliphatic heterocycles. The molecule has 1 aromatic carbocycles. The van der Waals surface area contributed by atoms with E-state index in [1.165, 1.54) is 6.07 Å². The molecule has 1 aromatic rings. The van der Waals surface area contributed by atoms with E-state index in [1.807, 2.05) is 0 Å². The summed E-state index contributed by atoms with van der Waals surface area (Å²) in [5.41, 5.74) is 0.330. The van der Waals surface area contributed by atoms with E-state index in [-0.39, 0.29) is 16.6 Å². The van der Waals surface area contributed by atoms with Gasteiger partial charge in [0.2, 0.25) is 0 Å². The topological polar surface area (TPSA) is 92.7 Å². The van der Waals surface area contributed by atoms with Gasteiger partial charge in [-0.2, -0.15) is 0 Å². The smallest absolute Gasteiger partial charge is 0.335 e. The first-order valence-electron chi connectivity index (χ1n) is 6.52. The molecule has 0 radical (unpaired) electrons. The second kappa shape index (κ2) is 6.43. The number of hydrogen-bond donors (Lipinski definition) is 2. The summed E-state index contributed by atoms with van der Waals surface area (Å²) in [6.45, 7) is 1.60. The van der Waals surface area contributed by atoms with Crippen molar-refractivity contribution in [1.82, 2.24) is 4.89 Å². The summed E-state index contributed by atoms with van der Waals surface area (Å²) >= 11 is 3.18. The van der Waals surface area contributed by atoms with Gasteiger partial charge in [0.15, 0.2) is 0 Å². The molecule has 21 heavy (non-hydrogen) atoms. The molecule has 0 atom stereocenters. The minimum absolute atomic E-state index is 0.103. The van der Waals surface area contributed by atoms with E-state index in [9.17, 15) is 13.2 Å². The summed E-state index contributed by atoms with van der Waals surface area (Å²) in [6.07, 6.45) is 3.56. The van der Waals surface area contributed by atoms with Crippen molar-refractivity contribution in [3.8, 4) is 0 Å². The molecule has 1 saturated carbocycles. The molecule has 6 nitrogen and oxygen atoms in total. The Morgan fingerprint density at radius 2 is 2.00 bits per heavy atom. The summed E-state index contributed by atoms with van der Waals surface area (Å²) in [6, 6.07) is 2.50. The summed E-state index contributed by atoms with van der Waals surface area (Å²) in [5, 5.41) is 9.03. The lowest BCUT2D eigenvalue weighted by Crippen LogP contribution is -2.29. The lowest BCUT2D eigenvalue weighted by Gasteiger charge is -2.14. The third-order valence-corrected chi connectivity index (χ3v) is 5.60. The average Bonchev–Trinajstić information content (AvgIpc) is 2.92. The van der Waals surface area contributed by atoms with Gasteiger partial charge in [0.25, 0.3) is 10.0 Å². The van der Waals surface area contributed by atoms with Crippen LogP contribution in [0.5, 0.6) is 0 Å². The van der Waals surface area contributed by atoms with E-state index >= 15 is 0 Å². The van der Waals surface area contributed by atoms with Gasteiger partial charge in [-0.3, -0.25) is 4.84 Å². The largest absolute Gasteiger partial charge is 0.478 e. The zero-order chi connectivity index (χ0) is 15.6. The average molecular weight is 378 g/mol. The van der Waals surface area contributed by atoms with E-state index in [0.717, 1.165) is 31.7 Å². The van der Waals surface area contributed by atoms with Gasteiger partial charge >= 0.3 is 5.97 Å². The highest BCUT2D eigenvalue weighted by molar-refractivity contribution is 9.10. The standard InChI is InChI=1S/C13H16BrNO5S/c1-8-11(14)6-9(13(16)17)7-12(8)21(18,19)15-20-10-4-2-3-5-10/h6-7,10,15H,2-5H2,1H3,(H,16,17). The molecule has 0 saturated heterocycles. The number of halogens is 1. The molecule has 8 heteroatoms. The Kier molecular flexibility index (Phi) is 5.03. The predicted molar refractivity (Wildman–Crippen MR) is 79.5 cm³/mol. The van der Waals surface area contributed by atoms with Crippen LogP contribution in [0.25, 0.3) is 0 Å². The monoisotopic (exact) mass is 377 g/mol. The summed E-state index contributed by atoms with van der Waals surface area (Å²) < 4.78 is 25.0. The van der Waals surface area contributed by atoms with Crippen LogP contribution in [0.3, 0.4) is 0 Å². The van der Waals surface area contributed by atoms with Crippen LogP contribution in [0.1, 0.15) is 41.6 Å². The minimum Gasteiger partial charge on any atom is -0.478 e. The zero-order valence-corrected chi connectivity index (χ0v) is 13.8. The Morgan fingerprint density at radius 3 is 2.57 bits per heavy atom. The van der Waals surface area contributed by atoms with Crippen molar-refractivity contribution in [3.63, 3.8) is 0 Å². The molecule has 2 rings (SSSR count). The Labute approximate surface area is 131 Å². The summed E-state index contributed by atoms with van der Waals surface area (Å²) in [4.78, 5) is 18.3. The normalized spacial score (nSPS) is 16.3. The number of carboxylic acids is 1. The van der Waals surface area contributed by atoms with E-state index in [4.69, 9.17) is 9.94 Å². The molecule has 0 aromatic heterocycles. The molecule has 1 fully saturated rings. The highest BCUT2D eigenvalue weighted by atomic mass is 79.9. The van der Waals surface area contributed by atoms with Crippen LogP contribution >= 0.6 is 15.9 Å². The van der Waals surface area contributed by atoms with Crippen molar-refractivity contribution in [2.24, 2.45) is 0 Å². The van der Waals surface area contributed by atoms with Gasteiger partial charge in [-0.25, -0.2) is 13.2 Å². The fraction of sp³-hybridized carbons (Fsp3) is 0.462. The Balaban J connectivity index is 2.27. The molecule has 0 bridgehead atoms. The third-order valence-electron chi connectivity index (χ3n) is 3.46. The van der Waals surface area contributed by atoms with E-state index in [1.54, 1.807) is 6.92 Å². The number of sulfonamides is 1. The van der Waals surface area contributed by atoms with Crippen LogP contribution in [0.4, 0.5) is 0 Å². The van der Waals surface area contributed by atoms with Crippen LogP contribution < -0.4 is 4.89 Å². The first-order chi connectivity index (χ1) is 9.81. The molecule has 0 spiro atoms. The third kappa shape index (κ3) is 3.82. The van der Waals surface area contributed by atoms with Gasteiger partial charge in [0.05, 0.1) is 16.6 Å². The second-order valence-corrected chi connectivity index (χ2v) is 7.47. The van der Waals surface area contributed by atoms with Crippen LogP contribution in [0.15, 0.2) is 21.5 Å². The van der Waals surface area contributed by atoms with Crippen molar-refractivity contribution < 1.29 is 23.2 Å². The number of carbonyl (C=O) groups is 1. The Hall–Kier alpha value is -0.960. The molecule has 0 unspecified atom stereocenters. The minimum atomic E-state index is -3.92. The van der Waals surface area contributed by atoms with Crippen molar-refractivity contribution in [1.29, 1.82) is 0 Å². The van der Waals surface area contributed by atoms with Crippen molar-refractivity contribution in [2.45, 2.75) is 43.6 Å². The van der Waals surface area contributed by atoms with Crippen LogP contribution in [0, 0.1) is 6.92 Å². The summed E-state index contributed by atoms with van der Waals surface area (Å²) in [7, 11) is -3.92. The Bertz CT molecular complexity index is 653. The number of rotatable bonds is 5. The molecule has 1 aliphatic carbocycles. The number of carboxylic acid groups (broad SMARTS) is 1. The highest BCUT2D eigenvalue weighted by Crippen LogP contribution is 2.26. The number of hydrogen-bond acceptors (Lipinski definition) is 4. The SMILES string of the molecule is Cc1c(Br)cc(C(=O)O)cc1S(=O)(=O)NOC1CCCC1. The van der Waals surface area contributed by atoms with Gasteiger partial charge in [0, 0.05) is 4.47 Å². The zero-order valence-electron chi connectivity index (χ0n) is 11.4. The molecular formula is C13H16BrNO5S. The van der Waals surface area contributed by atoms with Gasteiger partial charge in [-0.05, 0) is 37.5 Å². The molecule has 0 amide bonds. The van der Waals surface area contributed by atoms with Gasteiger partial charge < -0.3 is 5.11 Å². The molecule has 1 aliphatic rings. The molecule has 2 N–H and O–H groups in total. The highest BCUT2D eigenvalue weighted by Gasteiger charge is 2.24. The van der Waals surface area contributed by atoms with Gasteiger partial charge in [-0.1, -0.05) is 33.7 Å². The lowest BCUT2D eigenvalue weighted by atomic mass is 10.1. The van der Waals surface area contributed by atoms with E-state index in [0.29, 0.717) is 10.0 Å². The van der Waals surface area contributed by atoms with E-state index < -0.39 is 16.0 Å². The predicted octanol–water partition coefficient (Wildman–Crippen LogP) is 2.61. The number of benzene rings is 1. The number of aromatic carboxylic acids is 1. The van der Waals surface area contributed by atoms with Gasteiger partial charge in [-0.15, -0.1) is 0 Å². The fourth-order valence-corrected chi connectivity index (χ4v) is 3.98. The maximum absolute atomic E-state index is 12.3. The van der Waals surface area contributed by atoms with Gasteiger partial charge in [0.1, 0.15) is 0 Å². The lowest BCUT2D eigenvalue weighted by molar-refractivity contribution is 0.0223. The van der Waals surface area contributed by atoms with Crippen LogP contribution in [-0.2, 0) is 14.9 Å². The maximum Gasteiger partial charge on any atom is 0.335 e. The quantitative estimate of drug-likeness (QED) is 0.769. The summed E-state index contributed by atoms with van der Waals surface area (Å²) in [5.74, 6) is -1.19. The van der Waals surface area contributed by atoms with Crippen LogP contribution in [0.2, 0.25) is 0 Å². The number of nitrogens with one attached hydrogen (secondary N) is 1. The van der Waals surface area contributed by atoms with Crippen molar-refractivity contribution in [3.05, 3.63) is 27.7 Å². The maximum atomic E-state index is 12.3. The van der Waals surface area contributed by atoms with Crippen LogP contribution in [-0.4, -0.2) is 25.6 Å². The van der Waals surface area contributed by atoms with Crippen molar-refractivity contribution >= 4 is 31.9 Å². The Morgan fingerprint density at radius 1 is 1.38 bits per heavy atom.